The van der Waals surface area contributed by atoms with E-state index in [0.717, 1.165) is 0 Å². The Kier molecular flexibility index (Phi) is 3.01. The van der Waals surface area contributed by atoms with Gasteiger partial charge in [-0.05, 0) is 24.6 Å². The molecular weight excluding hydrogens is 238 g/mol. The maximum Gasteiger partial charge on any atom is 0.335 e. The van der Waals surface area contributed by atoms with Crippen LogP contribution < -0.4 is 5.32 Å². The van der Waals surface area contributed by atoms with Crippen molar-refractivity contribution in [2.24, 2.45) is 11.8 Å². The number of nitrogens with one attached hydrogen (secondary N) is 1. The second-order valence-electron chi connectivity index (χ2n) is 4.16. The Bertz CT molecular complexity index is 525. The molecule has 1 aromatic rings. The van der Waals surface area contributed by atoms with Crippen LogP contribution >= 0.6 is 0 Å². The van der Waals surface area contributed by atoms with E-state index in [1.165, 1.54) is 18.2 Å². The third-order valence-corrected chi connectivity index (χ3v) is 2.82. The number of hydrogen-bond donors (Lipinski definition) is 3. The lowest BCUT2D eigenvalue weighted by Crippen LogP contribution is -2.17. The van der Waals surface area contributed by atoms with Crippen LogP contribution in [0.2, 0.25) is 0 Å². The first kappa shape index (κ1) is 12.1. The molecule has 1 fully saturated rings. The highest BCUT2D eigenvalue weighted by atomic mass is 16.4. The Balaban J connectivity index is 2.02. The van der Waals surface area contributed by atoms with Crippen molar-refractivity contribution in [3.8, 4) is 0 Å². The molecule has 6 heteroatoms. The van der Waals surface area contributed by atoms with E-state index in [-0.39, 0.29) is 11.5 Å². The minimum atomic E-state index is -1.08. The molecule has 0 heterocycles. The van der Waals surface area contributed by atoms with Crippen LogP contribution in [-0.4, -0.2) is 28.1 Å². The summed E-state index contributed by atoms with van der Waals surface area (Å²) in [5, 5.41) is 20.0. The number of carbonyl (C=O) groups excluding carboxylic acids is 1. The average molecular weight is 249 g/mol. The number of aliphatic carboxylic acids is 1. The molecule has 1 amide bonds. The van der Waals surface area contributed by atoms with Crippen LogP contribution in [0.25, 0.3) is 0 Å². The van der Waals surface area contributed by atoms with Gasteiger partial charge in [0.15, 0.2) is 0 Å². The summed E-state index contributed by atoms with van der Waals surface area (Å²) in [6.07, 6.45) is 0.333. The minimum absolute atomic E-state index is 0.0679. The number of carboxylic acid groups (broad SMARTS) is 2. The molecular formula is C12H11NO5. The number of carbonyl (C=O) groups is 3. The van der Waals surface area contributed by atoms with Gasteiger partial charge in [-0.25, -0.2) is 4.79 Å². The quantitative estimate of drug-likeness (QED) is 0.739. The predicted octanol–water partition coefficient (Wildman–Crippen LogP) is 1.04. The first-order valence-electron chi connectivity index (χ1n) is 5.36. The normalized spacial score (nSPS) is 21.1. The van der Waals surface area contributed by atoms with Crippen LogP contribution in [0, 0.1) is 11.8 Å². The van der Waals surface area contributed by atoms with Crippen molar-refractivity contribution in [2.45, 2.75) is 6.42 Å². The number of anilines is 1. The van der Waals surface area contributed by atoms with Gasteiger partial charge < -0.3 is 15.5 Å². The van der Waals surface area contributed by atoms with Gasteiger partial charge in [0.2, 0.25) is 5.91 Å². The fraction of sp³-hybridized carbons (Fsp3) is 0.250. The topological polar surface area (TPSA) is 104 Å². The Morgan fingerprint density at radius 3 is 2.44 bits per heavy atom. The highest BCUT2D eigenvalue weighted by Gasteiger charge is 2.48. The van der Waals surface area contributed by atoms with Gasteiger partial charge in [-0.15, -0.1) is 0 Å². The molecule has 1 saturated carbocycles. The second-order valence-corrected chi connectivity index (χ2v) is 4.16. The van der Waals surface area contributed by atoms with Gasteiger partial charge in [0.05, 0.1) is 17.4 Å². The monoisotopic (exact) mass is 249 g/mol. The molecule has 1 aliphatic rings. The van der Waals surface area contributed by atoms with Crippen molar-refractivity contribution in [1.82, 2.24) is 0 Å². The zero-order valence-corrected chi connectivity index (χ0v) is 9.29. The molecule has 0 aliphatic heterocycles. The largest absolute Gasteiger partial charge is 0.481 e. The van der Waals surface area contributed by atoms with Crippen molar-refractivity contribution in [2.75, 3.05) is 5.32 Å². The van der Waals surface area contributed by atoms with Gasteiger partial charge >= 0.3 is 11.9 Å². The summed E-state index contributed by atoms with van der Waals surface area (Å²) in [6.45, 7) is 0. The molecule has 0 aromatic heterocycles. The number of benzene rings is 1. The van der Waals surface area contributed by atoms with Crippen LogP contribution in [0.3, 0.4) is 0 Å². The van der Waals surface area contributed by atoms with Gasteiger partial charge in [-0.3, -0.25) is 9.59 Å². The van der Waals surface area contributed by atoms with E-state index in [1.54, 1.807) is 6.07 Å². The van der Waals surface area contributed by atoms with Crippen LogP contribution in [-0.2, 0) is 9.59 Å². The Labute approximate surface area is 102 Å². The van der Waals surface area contributed by atoms with E-state index in [4.69, 9.17) is 10.2 Å². The molecule has 0 bridgehead atoms. The molecule has 0 spiro atoms. The summed E-state index contributed by atoms with van der Waals surface area (Å²) in [6, 6.07) is 5.82. The average Bonchev–Trinajstić information content (AvgIpc) is 3.09. The highest BCUT2D eigenvalue weighted by molar-refractivity contribution is 5.99. The third kappa shape index (κ3) is 2.48. The van der Waals surface area contributed by atoms with Crippen molar-refractivity contribution in [3.05, 3.63) is 29.8 Å². The Morgan fingerprint density at radius 2 is 1.89 bits per heavy atom. The highest BCUT2D eigenvalue weighted by Crippen LogP contribution is 2.39. The molecule has 0 saturated heterocycles. The summed E-state index contributed by atoms with van der Waals surface area (Å²) in [5.74, 6) is -3.58. The van der Waals surface area contributed by atoms with Crippen molar-refractivity contribution >= 4 is 23.5 Å². The molecule has 0 radical (unpaired) electrons. The van der Waals surface area contributed by atoms with E-state index in [0.29, 0.717) is 12.1 Å². The Morgan fingerprint density at radius 1 is 1.17 bits per heavy atom. The van der Waals surface area contributed by atoms with Gasteiger partial charge in [0.25, 0.3) is 0 Å². The summed E-state index contributed by atoms with van der Waals surface area (Å²) >= 11 is 0. The SMILES string of the molecule is O=C(O)c1cccc(NC(=O)[C@@H]2C[C@@H]2C(=O)O)c1. The second kappa shape index (κ2) is 4.48. The van der Waals surface area contributed by atoms with Crippen molar-refractivity contribution in [1.29, 1.82) is 0 Å². The maximum atomic E-state index is 11.6. The first-order chi connectivity index (χ1) is 8.49. The third-order valence-electron chi connectivity index (χ3n) is 2.82. The fourth-order valence-corrected chi connectivity index (χ4v) is 1.72. The lowest BCUT2D eigenvalue weighted by molar-refractivity contribution is -0.139. The van der Waals surface area contributed by atoms with E-state index in [2.05, 4.69) is 5.32 Å². The number of amides is 1. The minimum Gasteiger partial charge on any atom is -0.481 e. The van der Waals surface area contributed by atoms with Gasteiger partial charge in [-0.2, -0.15) is 0 Å². The van der Waals surface area contributed by atoms with E-state index in [9.17, 15) is 14.4 Å². The maximum absolute atomic E-state index is 11.6. The van der Waals surface area contributed by atoms with Crippen LogP contribution in [0.5, 0.6) is 0 Å². The number of carboxylic acids is 2. The molecule has 6 nitrogen and oxygen atoms in total. The molecule has 2 atom stereocenters. The van der Waals surface area contributed by atoms with E-state index < -0.39 is 23.8 Å². The van der Waals surface area contributed by atoms with Crippen LogP contribution in [0.1, 0.15) is 16.8 Å². The van der Waals surface area contributed by atoms with Crippen LogP contribution in [0.4, 0.5) is 5.69 Å². The molecule has 3 N–H and O–H groups in total. The summed E-state index contributed by atoms with van der Waals surface area (Å²) in [5.41, 5.74) is 0.425. The molecule has 2 rings (SSSR count). The smallest absolute Gasteiger partial charge is 0.335 e. The number of hydrogen-bond acceptors (Lipinski definition) is 3. The Hall–Kier alpha value is -2.37. The van der Waals surface area contributed by atoms with Crippen LogP contribution in [0.15, 0.2) is 24.3 Å². The standard InChI is InChI=1S/C12H11NO5/c14-10(8-5-9(8)12(17)18)13-7-3-1-2-6(4-7)11(15)16/h1-4,8-9H,5H2,(H,13,14)(H,15,16)(H,17,18)/t8-,9+/m1/s1. The first-order valence-corrected chi connectivity index (χ1v) is 5.36. The lowest BCUT2D eigenvalue weighted by Gasteiger charge is -2.05. The van der Waals surface area contributed by atoms with Gasteiger partial charge in [0.1, 0.15) is 0 Å². The summed E-state index contributed by atoms with van der Waals surface area (Å²) < 4.78 is 0. The zero-order valence-electron chi connectivity index (χ0n) is 9.29. The van der Waals surface area contributed by atoms with Crippen molar-refractivity contribution in [3.63, 3.8) is 0 Å². The fourth-order valence-electron chi connectivity index (χ4n) is 1.72. The lowest BCUT2D eigenvalue weighted by atomic mass is 10.2. The molecule has 18 heavy (non-hydrogen) atoms. The molecule has 1 aliphatic carbocycles. The van der Waals surface area contributed by atoms with Gasteiger partial charge in [-0.1, -0.05) is 6.07 Å². The summed E-state index contributed by atoms with van der Waals surface area (Å²) in [7, 11) is 0. The van der Waals surface area contributed by atoms with Gasteiger partial charge in [0, 0.05) is 5.69 Å². The van der Waals surface area contributed by atoms with Crippen molar-refractivity contribution < 1.29 is 24.6 Å². The van der Waals surface area contributed by atoms with E-state index >= 15 is 0 Å². The van der Waals surface area contributed by atoms with E-state index in [1.807, 2.05) is 0 Å². The predicted molar refractivity (Wildman–Crippen MR) is 61.3 cm³/mol. The zero-order chi connectivity index (χ0) is 13.3. The summed E-state index contributed by atoms with van der Waals surface area (Å²) in [4.78, 5) is 33.0. The number of rotatable bonds is 4. The molecule has 0 unspecified atom stereocenters. The number of aromatic carboxylic acids is 1. The molecule has 1 aromatic carbocycles. The molecule has 94 valence electrons.